The number of hydrogen-bond donors (Lipinski definition) is 2. The number of urea groups is 1. The van der Waals surface area contributed by atoms with Crippen molar-refractivity contribution in [2.24, 2.45) is 0 Å². The van der Waals surface area contributed by atoms with Crippen LogP contribution in [-0.4, -0.2) is 65.7 Å². The number of nitrogens with zero attached hydrogens (tertiary/aromatic N) is 5. The molecular formula is C15H21N7O. The van der Waals surface area contributed by atoms with Crippen molar-refractivity contribution in [2.45, 2.75) is 6.92 Å². The highest BCUT2D eigenvalue weighted by molar-refractivity contribution is 5.89. The van der Waals surface area contributed by atoms with E-state index in [1.54, 1.807) is 0 Å². The Morgan fingerprint density at radius 3 is 2.74 bits per heavy atom. The zero-order valence-electron chi connectivity index (χ0n) is 13.4. The second-order valence-electron chi connectivity index (χ2n) is 5.54. The minimum absolute atomic E-state index is 0.295. The molecule has 0 saturated carbocycles. The maximum atomic E-state index is 11.6. The van der Waals surface area contributed by atoms with Crippen molar-refractivity contribution >= 4 is 28.8 Å². The summed E-state index contributed by atoms with van der Waals surface area (Å²) in [5, 5.41) is 5.31. The third kappa shape index (κ3) is 3.65. The summed E-state index contributed by atoms with van der Waals surface area (Å²) in [6.07, 6.45) is 1.54. The second kappa shape index (κ2) is 6.74. The van der Waals surface area contributed by atoms with Crippen LogP contribution in [0.15, 0.2) is 18.3 Å². The van der Waals surface area contributed by atoms with Crippen molar-refractivity contribution in [3.05, 3.63) is 18.3 Å². The molecule has 0 aliphatic carbocycles. The zero-order chi connectivity index (χ0) is 16.2. The first-order valence-corrected chi connectivity index (χ1v) is 7.78. The summed E-state index contributed by atoms with van der Waals surface area (Å²) in [6.45, 7) is 6.33. The van der Waals surface area contributed by atoms with Gasteiger partial charge in [-0.25, -0.2) is 19.7 Å². The first kappa shape index (κ1) is 15.4. The van der Waals surface area contributed by atoms with Crippen LogP contribution in [0.4, 0.5) is 16.4 Å². The number of aromatic nitrogens is 3. The molecule has 0 spiro atoms. The summed E-state index contributed by atoms with van der Waals surface area (Å²) in [5.41, 5.74) is 1.25. The van der Waals surface area contributed by atoms with Crippen LogP contribution in [0.25, 0.3) is 11.2 Å². The Morgan fingerprint density at radius 2 is 2.00 bits per heavy atom. The van der Waals surface area contributed by atoms with Crippen LogP contribution in [0.2, 0.25) is 0 Å². The van der Waals surface area contributed by atoms with Gasteiger partial charge in [0, 0.05) is 32.7 Å². The highest BCUT2D eigenvalue weighted by Gasteiger charge is 2.16. The van der Waals surface area contributed by atoms with Crippen LogP contribution < -0.4 is 15.5 Å². The zero-order valence-corrected chi connectivity index (χ0v) is 13.4. The summed E-state index contributed by atoms with van der Waals surface area (Å²) >= 11 is 0. The van der Waals surface area contributed by atoms with Crippen molar-refractivity contribution < 1.29 is 4.79 Å². The van der Waals surface area contributed by atoms with Gasteiger partial charge in [-0.1, -0.05) is 0 Å². The Kier molecular flexibility index (Phi) is 4.52. The van der Waals surface area contributed by atoms with E-state index in [4.69, 9.17) is 0 Å². The molecule has 122 valence electrons. The fourth-order valence-corrected chi connectivity index (χ4v) is 2.48. The lowest BCUT2D eigenvalue weighted by atomic mass is 10.3. The monoisotopic (exact) mass is 315 g/mol. The number of carbonyl (C=O) groups is 1. The molecule has 1 aliphatic rings. The topological polar surface area (TPSA) is 86.3 Å². The van der Waals surface area contributed by atoms with E-state index in [1.165, 1.54) is 6.20 Å². The molecule has 2 N–H and O–H groups in total. The van der Waals surface area contributed by atoms with E-state index < -0.39 is 0 Å². The number of nitrogens with one attached hydrogen (secondary N) is 2. The minimum atomic E-state index is -0.295. The van der Waals surface area contributed by atoms with Crippen molar-refractivity contribution in [1.82, 2.24) is 25.2 Å². The summed E-state index contributed by atoms with van der Waals surface area (Å²) in [6, 6.07) is 3.59. The third-order valence-corrected chi connectivity index (χ3v) is 3.80. The van der Waals surface area contributed by atoms with Crippen LogP contribution in [0.5, 0.6) is 0 Å². The van der Waals surface area contributed by atoms with Gasteiger partial charge in [0.15, 0.2) is 11.5 Å². The van der Waals surface area contributed by atoms with Gasteiger partial charge in [0.25, 0.3) is 0 Å². The quantitative estimate of drug-likeness (QED) is 0.876. The predicted octanol–water partition coefficient (Wildman–Crippen LogP) is 0.918. The summed E-state index contributed by atoms with van der Waals surface area (Å²) in [7, 11) is 2.12. The molecule has 23 heavy (non-hydrogen) atoms. The molecular weight excluding hydrogens is 294 g/mol. The molecule has 2 amide bonds. The van der Waals surface area contributed by atoms with E-state index in [0.29, 0.717) is 23.5 Å². The van der Waals surface area contributed by atoms with Crippen LogP contribution in [0.1, 0.15) is 6.92 Å². The van der Waals surface area contributed by atoms with E-state index in [0.717, 1.165) is 32.0 Å². The number of rotatable bonds is 3. The molecule has 0 radical (unpaired) electrons. The van der Waals surface area contributed by atoms with Crippen LogP contribution in [0, 0.1) is 0 Å². The molecule has 8 heteroatoms. The number of carbonyl (C=O) groups excluding carboxylic acids is 1. The van der Waals surface area contributed by atoms with Gasteiger partial charge < -0.3 is 15.1 Å². The van der Waals surface area contributed by atoms with Crippen LogP contribution in [0.3, 0.4) is 0 Å². The van der Waals surface area contributed by atoms with Gasteiger partial charge in [0.05, 0.1) is 6.20 Å². The van der Waals surface area contributed by atoms with Gasteiger partial charge in [0.1, 0.15) is 11.3 Å². The molecule has 2 aromatic heterocycles. The Balaban J connectivity index is 1.81. The van der Waals surface area contributed by atoms with Crippen molar-refractivity contribution in [1.29, 1.82) is 0 Å². The van der Waals surface area contributed by atoms with Gasteiger partial charge in [-0.3, -0.25) is 5.32 Å². The van der Waals surface area contributed by atoms with Crippen molar-refractivity contribution in [3.63, 3.8) is 0 Å². The first-order valence-electron chi connectivity index (χ1n) is 7.78. The molecule has 3 rings (SSSR count). The van der Waals surface area contributed by atoms with E-state index in [1.807, 2.05) is 19.1 Å². The lowest BCUT2D eigenvalue weighted by molar-refractivity contribution is 0.252. The molecule has 1 fully saturated rings. The highest BCUT2D eigenvalue weighted by atomic mass is 16.2. The summed E-state index contributed by atoms with van der Waals surface area (Å²) in [4.78, 5) is 29.4. The normalized spacial score (nSPS) is 15.7. The standard InChI is InChI=1S/C15H21N7O/c1-3-16-15(23)19-12-10-17-11-4-5-13(20-14(11)18-12)22-8-6-21(2)7-9-22/h4-5,10H,3,6-9H2,1-2H3,(H2,16,18,19,20,23). The Hall–Kier alpha value is -2.48. The number of pyridine rings is 1. The fraction of sp³-hybridized carbons (Fsp3) is 0.467. The first-order chi connectivity index (χ1) is 11.2. The van der Waals surface area contributed by atoms with Crippen molar-refractivity contribution in [3.8, 4) is 0 Å². The average Bonchev–Trinajstić information content (AvgIpc) is 2.55. The lowest BCUT2D eigenvalue weighted by Crippen LogP contribution is -2.44. The molecule has 0 aromatic carbocycles. The summed E-state index contributed by atoms with van der Waals surface area (Å²) < 4.78 is 0. The average molecular weight is 315 g/mol. The van der Waals surface area contributed by atoms with Gasteiger partial charge >= 0.3 is 6.03 Å². The van der Waals surface area contributed by atoms with E-state index in [-0.39, 0.29) is 6.03 Å². The lowest BCUT2D eigenvalue weighted by Gasteiger charge is -2.33. The van der Waals surface area contributed by atoms with Crippen LogP contribution >= 0.6 is 0 Å². The molecule has 2 aromatic rings. The predicted molar refractivity (Wildman–Crippen MR) is 89.7 cm³/mol. The number of piperazine rings is 1. The number of fused-ring (bicyclic) bond motifs is 1. The SMILES string of the molecule is CCNC(=O)Nc1cnc2ccc(N3CCN(C)CC3)nc2n1. The van der Waals surface area contributed by atoms with Crippen LogP contribution in [-0.2, 0) is 0 Å². The maximum absolute atomic E-state index is 11.6. The largest absolute Gasteiger partial charge is 0.354 e. The number of likely N-dealkylation sites (N-methyl/N-ethyl adjacent to an activating group) is 1. The molecule has 3 heterocycles. The van der Waals surface area contributed by atoms with Gasteiger partial charge in [0.2, 0.25) is 0 Å². The smallest absolute Gasteiger partial charge is 0.320 e. The van der Waals surface area contributed by atoms with Crippen molar-refractivity contribution in [2.75, 3.05) is 50.0 Å². The molecule has 0 unspecified atom stereocenters. The Morgan fingerprint density at radius 1 is 1.22 bits per heavy atom. The molecule has 1 saturated heterocycles. The minimum Gasteiger partial charge on any atom is -0.354 e. The third-order valence-electron chi connectivity index (χ3n) is 3.80. The fourth-order valence-electron chi connectivity index (χ4n) is 2.48. The van der Waals surface area contributed by atoms with E-state index in [2.05, 4.69) is 42.4 Å². The van der Waals surface area contributed by atoms with E-state index in [9.17, 15) is 4.79 Å². The van der Waals surface area contributed by atoms with Gasteiger partial charge in [-0.05, 0) is 26.1 Å². The maximum Gasteiger partial charge on any atom is 0.320 e. The molecule has 8 nitrogen and oxygen atoms in total. The number of anilines is 2. The second-order valence-corrected chi connectivity index (χ2v) is 5.54. The molecule has 0 atom stereocenters. The Labute approximate surface area is 134 Å². The number of hydrogen-bond acceptors (Lipinski definition) is 6. The van der Waals surface area contributed by atoms with E-state index >= 15 is 0 Å². The highest BCUT2D eigenvalue weighted by Crippen LogP contribution is 2.18. The number of amides is 2. The Bertz CT molecular complexity index is 697. The summed E-state index contributed by atoms with van der Waals surface area (Å²) in [5.74, 6) is 1.29. The van der Waals surface area contributed by atoms with Gasteiger partial charge in [-0.2, -0.15) is 0 Å². The molecule has 1 aliphatic heterocycles. The molecule has 0 bridgehead atoms. The van der Waals surface area contributed by atoms with Gasteiger partial charge in [-0.15, -0.1) is 0 Å².